The molecule has 2 aromatic heterocycles. The number of carbonyl (C=O) groups is 2. The van der Waals surface area contributed by atoms with E-state index in [9.17, 15) is 14.4 Å². The van der Waals surface area contributed by atoms with E-state index in [-0.39, 0.29) is 25.2 Å². The lowest BCUT2D eigenvalue weighted by atomic mass is 10.4. The number of carbonyl (C=O) groups excluding carboxylic acids is 1. The minimum absolute atomic E-state index is 0.0990. The number of nitrogens with two attached hydrogens (primary N) is 1. The zero-order chi connectivity index (χ0) is 15.6. The average Bonchev–Trinajstić information content (AvgIpc) is 2.69. The van der Waals surface area contributed by atoms with Crippen molar-refractivity contribution >= 4 is 28.2 Å². The van der Waals surface area contributed by atoms with E-state index >= 15 is 0 Å². The summed E-state index contributed by atoms with van der Waals surface area (Å²) in [5.74, 6) is -1.72. The summed E-state index contributed by atoms with van der Waals surface area (Å²) >= 11 is 1.16. The number of hydrogen-bond acceptors (Lipinski definition) is 7. The van der Waals surface area contributed by atoms with Crippen LogP contribution in [0.1, 0.15) is 10.7 Å². The highest BCUT2D eigenvalue weighted by atomic mass is 32.1. The van der Waals surface area contributed by atoms with E-state index in [0.29, 0.717) is 15.7 Å². The molecule has 2 aromatic rings. The molecule has 0 aliphatic heterocycles. The Morgan fingerprint density at radius 2 is 2.19 bits per heavy atom. The second-order valence-electron chi connectivity index (χ2n) is 4.43. The predicted molar refractivity (Wildman–Crippen MR) is 74.0 cm³/mol. The number of aliphatic carboxylic acids is 1. The van der Waals surface area contributed by atoms with Crippen LogP contribution in [-0.4, -0.2) is 49.6 Å². The number of hydrogen-bond donors (Lipinski definition) is 2. The molecule has 0 aliphatic rings. The number of rotatable bonds is 6. The fourth-order valence-electron chi connectivity index (χ4n) is 1.79. The van der Waals surface area contributed by atoms with Crippen molar-refractivity contribution in [2.75, 3.05) is 13.1 Å². The van der Waals surface area contributed by atoms with Gasteiger partial charge in [-0.2, -0.15) is 9.61 Å². The molecule has 0 saturated carbocycles. The first-order valence-corrected chi connectivity index (χ1v) is 6.75. The van der Waals surface area contributed by atoms with Gasteiger partial charge in [0.1, 0.15) is 5.01 Å². The highest BCUT2D eigenvalue weighted by Crippen LogP contribution is 2.13. The van der Waals surface area contributed by atoms with Crippen LogP contribution in [0.15, 0.2) is 10.9 Å². The second kappa shape index (κ2) is 5.97. The molecular weight excluding hydrogens is 298 g/mol. The van der Waals surface area contributed by atoms with Gasteiger partial charge in [0, 0.05) is 11.8 Å². The molecule has 0 unspecified atom stereocenters. The molecule has 3 N–H and O–H groups in total. The lowest BCUT2D eigenvalue weighted by Crippen LogP contribution is -2.36. The van der Waals surface area contributed by atoms with Gasteiger partial charge in [-0.15, -0.1) is 0 Å². The Balaban J connectivity index is 2.28. The predicted octanol–water partition coefficient (Wildman–Crippen LogP) is -1.17. The number of primary amides is 1. The number of carboxylic acids is 1. The van der Waals surface area contributed by atoms with Crippen molar-refractivity contribution in [3.63, 3.8) is 0 Å². The first-order valence-electron chi connectivity index (χ1n) is 5.94. The van der Waals surface area contributed by atoms with E-state index in [1.54, 1.807) is 6.92 Å². The van der Waals surface area contributed by atoms with Crippen molar-refractivity contribution in [2.24, 2.45) is 5.73 Å². The number of carboxylic acid groups (broad SMARTS) is 1. The molecule has 9 nitrogen and oxygen atoms in total. The first-order chi connectivity index (χ1) is 9.85. The Bertz CT molecular complexity index is 737. The number of fused-ring (bicyclic) bond motifs is 1. The van der Waals surface area contributed by atoms with Crippen LogP contribution in [0.3, 0.4) is 0 Å². The van der Waals surface area contributed by atoms with E-state index in [1.807, 2.05) is 0 Å². The third kappa shape index (κ3) is 3.83. The molecule has 0 radical (unpaired) electrons. The maximum absolute atomic E-state index is 11.7. The van der Waals surface area contributed by atoms with Gasteiger partial charge >= 0.3 is 5.97 Å². The van der Waals surface area contributed by atoms with Gasteiger partial charge in [0.15, 0.2) is 0 Å². The highest BCUT2D eigenvalue weighted by Gasteiger charge is 2.16. The summed E-state index contributed by atoms with van der Waals surface area (Å²) in [5, 5.41) is 13.4. The third-order valence-electron chi connectivity index (χ3n) is 2.51. The van der Waals surface area contributed by atoms with E-state index in [4.69, 9.17) is 10.8 Å². The molecular formula is C11H13N5O4S. The van der Waals surface area contributed by atoms with Crippen LogP contribution in [-0.2, 0) is 16.1 Å². The van der Waals surface area contributed by atoms with Crippen molar-refractivity contribution in [1.29, 1.82) is 0 Å². The van der Waals surface area contributed by atoms with Crippen molar-refractivity contribution < 1.29 is 14.7 Å². The van der Waals surface area contributed by atoms with Crippen molar-refractivity contribution in [3.8, 4) is 0 Å². The topological polar surface area (TPSA) is 131 Å². The van der Waals surface area contributed by atoms with Crippen LogP contribution in [0, 0.1) is 6.92 Å². The average molecular weight is 311 g/mol. The van der Waals surface area contributed by atoms with Crippen LogP contribution in [0.2, 0.25) is 0 Å². The van der Waals surface area contributed by atoms with Gasteiger partial charge in [-0.25, -0.2) is 4.98 Å². The smallest absolute Gasteiger partial charge is 0.317 e. The third-order valence-corrected chi connectivity index (χ3v) is 3.41. The number of aromatic nitrogens is 3. The maximum atomic E-state index is 11.7. The lowest BCUT2D eigenvalue weighted by molar-refractivity contribution is -0.138. The molecule has 0 bridgehead atoms. The monoisotopic (exact) mass is 311 g/mol. The van der Waals surface area contributed by atoms with E-state index in [0.717, 1.165) is 15.9 Å². The SMILES string of the molecule is Cc1cc(=O)n2nc(CN(CC(N)=O)CC(=O)O)sc2n1. The number of nitrogens with zero attached hydrogens (tertiary/aromatic N) is 4. The van der Waals surface area contributed by atoms with Gasteiger partial charge in [0.05, 0.1) is 19.6 Å². The zero-order valence-corrected chi connectivity index (χ0v) is 12.0. The Hall–Kier alpha value is -2.33. The summed E-state index contributed by atoms with van der Waals surface area (Å²) in [6.07, 6.45) is 0. The van der Waals surface area contributed by atoms with Crippen LogP contribution >= 0.6 is 11.3 Å². The molecule has 10 heteroatoms. The lowest BCUT2D eigenvalue weighted by Gasteiger charge is -2.16. The van der Waals surface area contributed by atoms with Gasteiger partial charge in [0.2, 0.25) is 10.9 Å². The summed E-state index contributed by atoms with van der Waals surface area (Å²) in [4.78, 5) is 39.4. The van der Waals surface area contributed by atoms with Gasteiger partial charge < -0.3 is 10.8 Å². The highest BCUT2D eigenvalue weighted by molar-refractivity contribution is 7.16. The molecule has 0 aliphatic carbocycles. The molecule has 0 atom stereocenters. The maximum Gasteiger partial charge on any atom is 0.317 e. The molecule has 21 heavy (non-hydrogen) atoms. The van der Waals surface area contributed by atoms with E-state index < -0.39 is 11.9 Å². The van der Waals surface area contributed by atoms with E-state index in [1.165, 1.54) is 11.0 Å². The van der Waals surface area contributed by atoms with Crippen LogP contribution < -0.4 is 11.3 Å². The minimum Gasteiger partial charge on any atom is -0.480 e. The van der Waals surface area contributed by atoms with Crippen molar-refractivity contribution in [1.82, 2.24) is 19.5 Å². The van der Waals surface area contributed by atoms with Crippen LogP contribution in [0.4, 0.5) is 0 Å². The fourth-order valence-corrected chi connectivity index (χ4v) is 2.78. The van der Waals surface area contributed by atoms with E-state index in [2.05, 4.69) is 10.1 Å². The van der Waals surface area contributed by atoms with Gasteiger partial charge in [-0.05, 0) is 6.92 Å². The summed E-state index contributed by atoms with van der Waals surface area (Å²) in [6.45, 7) is 1.25. The fraction of sp³-hybridized carbons (Fsp3) is 0.364. The zero-order valence-electron chi connectivity index (χ0n) is 11.1. The Morgan fingerprint density at radius 3 is 2.81 bits per heavy atom. The second-order valence-corrected chi connectivity index (χ2v) is 5.47. The summed E-state index contributed by atoms with van der Waals surface area (Å²) in [6, 6.07) is 1.36. The first kappa shape index (κ1) is 15.1. The largest absolute Gasteiger partial charge is 0.480 e. The van der Waals surface area contributed by atoms with Gasteiger partial charge in [0.25, 0.3) is 5.56 Å². The summed E-state index contributed by atoms with van der Waals surface area (Å²) in [5.41, 5.74) is 5.36. The Morgan fingerprint density at radius 1 is 1.48 bits per heavy atom. The normalized spacial score (nSPS) is 11.1. The standard InChI is InChI=1S/C11H13N5O4S/c1-6-2-9(18)16-11(13-6)21-8(14-16)4-15(3-7(12)17)5-10(19)20/h2H,3-5H2,1H3,(H2,12,17)(H,19,20). The van der Waals surface area contributed by atoms with Crippen molar-refractivity contribution in [3.05, 3.63) is 27.1 Å². The van der Waals surface area contributed by atoms with Crippen LogP contribution in [0.5, 0.6) is 0 Å². The molecule has 0 fully saturated rings. The number of amides is 1. The molecule has 1 amide bonds. The molecule has 2 rings (SSSR count). The molecule has 0 saturated heterocycles. The van der Waals surface area contributed by atoms with Gasteiger partial charge in [-0.3, -0.25) is 19.3 Å². The molecule has 0 aromatic carbocycles. The minimum atomic E-state index is -1.08. The van der Waals surface area contributed by atoms with Crippen molar-refractivity contribution in [2.45, 2.75) is 13.5 Å². The summed E-state index contributed by atoms with van der Waals surface area (Å²) in [7, 11) is 0. The summed E-state index contributed by atoms with van der Waals surface area (Å²) < 4.78 is 1.15. The molecule has 2 heterocycles. The molecule has 112 valence electrons. The molecule has 0 spiro atoms. The quantitative estimate of drug-likeness (QED) is 0.687. The Kier molecular flexibility index (Phi) is 4.29. The number of aryl methyl sites for hydroxylation is 1. The Labute approximate surface area is 122 Å². The van der Waals surface area contributed by atoms with Crippen LogP contribution in [0.25, 0.3) is 4.96 Å². The van der Waals surface area contributed by atoms with Gasteiger partial charge in [-0.1, -0.05) is 11.3 Å².